The summed E-state index contributed by atoms with van der Waals surface area (Å²) in [5, 5.41) is 0.348. The summed E-state index contributed by atoms with van der Waals surface area (Å²) in [4.78, 5) is 16.1. The molecule has 0 spiro atoms. The Kier molecular flexibility index (Phi) is 4.95. The smallest absolute Gasteiger partial charge is 0.251 e. The van der Waals surface area contributed by atoms with Crippen LogP contribution in [0.25, 0.3) is 0 Å². The number of benzene rings is 1. The Balaban J connectivity index is 2.24. The number of nitrogens with one attached hydrogen (secondary N) is 1. The summed E-state index contributed by atoms with van der Waals surface area (Å²) in [7, 11) is 0. The van der Waals surface area contributed by atoms with Crippen LogP contribution in [0.3, 0.4) is 0 Å². The number of pyridine rings is 1. The first-order valence-electron chi connectivity index (χ1n) is 5.54. The van der Waals surface area contributed by atoms with E-state index in [1.807, 2.05) is 42.5 Å². The Morgan fingerprint density at radius 2 is 2.00 bits per heavy atom. The van der Waals surface area contributed by atoms with E-state index in [0.717, 1.165) is 15.1 Å². The molecule has 2 aromatic rings. The van der Waals surface area contributed by atoms with E-state index in [-0.39, 0.29) is 5.91 Å². The second-order valence-corrected chi connectivity index (χ2v) is 5.77. The zero-order valence-electron chi connectivity index (χ0n) is 9.92. The highest BCUT2D eigenvalue weighted by Gasteiger charge is 2.21. The van der Waals surface area contributed by atoms with Crippen molar-refractivity contribution in [1.29, 1.82) is 0 Å². The van der Waals surface area contributed by atoms with Crippen LogP contribution in [0.5, 0.6) is 0 Å². The van der Waals surface area contributed by atoms with Gasteiger partial charge in [0, 0.05) is 10.7 Å². The van der Waals surface area contributed by atoms with Gasteiger partial charge in [0.2, 0.25) is 0 Å². The predicted molar refractivity (Wildman–Crippen MR) is 79.3 cm³/mol. The fraction of sp³-hybridized carbons (Fsp3) is 0.0769. The first kappa shape index (κ1) is 14.0. The van der Waals surface area contributed by atoms with Gasteiger partial charge in [-0.3, -0.25) is 10.2 Å². The monoisotopic (exact) mass is 337 g/mol. The standard InChI is InChI=1S/C13H12BrN3OS/c14-10-6-7-11(16-8-10)19-12(13(18)17-15)9-4-2-1-3-5-9/h1-8,12H,15H2,(H,17,18). The Labute approximate surface area is 123 Å². The Bertz CT molecular complexity index is 548. The lowest BCUT2D eigenvalue weighted by molar-refractivity contribution is -0.120. The van der Waals surface area contributed by atoms with Gasteiger partial charge >= 0.3 is 0 Å². The molecule has 4 nitrogen and oxygen atoms in total. The molecule has 98 valence electrons. The Hall–Kier alpha value is -1.37. The van der Waals surface area contributed by atoms with Gasteiger partial charge in [0.1, 0.15) is 5.25 Å². The van der Waals surface area contributed by atoms with Crippen molar-refractivity contribution in [2.24, 2.45) is 5.84 Å². The zero-order valence-corrected chi connectivity index (χ0v) is 12.3. The maximum absolute atomic E-state index is 11.9. The molecule has 3 N–H and O–H groups in total. The highest BCUT2D eigenvalue weighted by molar-refractivity contribution is 9.10. The number of carbonyl (C=O) groups is 1. The number of rotatable bonds is 4. The van der Waals surface area contributed by atoms with E-state index >= 15 is 0 Å². The number of nitrogens with two attached hydrogens (primary N) is 1. The summed E-state index contributed by atoms with van der Waals surface area (Å²) in [5.74, 6) is 5.00. The minimum atomic E-state index is -0.417. The van der Waals surface area contributed by atoms with Crippen molar-refractivity contribution >= 4 is 33.6 Å². The Morgan fingerprint density at radius 3 is 2.58 bits per heavy atom. The van der Waals surface area contributed by atoms with Gasteiger partial charge in [0.15, 0.2) is 0 Å². The molecule has 0 aliphatic rings. The molecule has 1 aromatic heterocycles. The largest absolute Gasteiger partial charge is 0.293 e. The van der Waals surface area contributed by atoms with Crippen LogP contribution in [0, 0.1) is 0 Å². The van der Waals surface area contributed by atoms with E-state index in [1.54, 1.807) is 6.20 Å². The third kappa shape index (κ3) is 3.79. The van der Waals surface area contributed by atoms with Crippen molar-refractivity contribution in [3.63, 3.8) is 0 Å². The third-order valence-electron chi connectivity index (χ3n) is 2.42. The molecule has 0 aliphatic heterocycles. The fourth-order valence-electron chi connectivity index (χ4n) is 1.53. The van der Waals surface area contributed by atoms with Crippen LogP contribution >= 0.6 is 27.7 Å². The van der Waals surface area contributed by atoms with Crippen LogP contribution < -0.4 is 11.3 Å². The lowest BCUT2D eigenvalue weighted by Gasteiger charge is -2.14. The van der Waals surface area contributed by atoms with Gasteiger partial charge in [0.25, 0.3) is 5.91 Å². The first-order valence-corrected chi connectivity index (χ1v) is 7.21. The molecule has 0 saturated carbocycles. The Morgan fingerprint density at radius 1 is 1.26 bits per heavy atom. The van der Waals surface area contributed by atoms with E-state index in [1.165, 1.54) is 11.8 Å². The molecule has 1 atom stereocenters. The number of hydrogen-bond donors (Lipinski definition) is 2. The molecule has 0 fully saturated rings. The van der Waals surface area contributed by atoms with E-state index in [2.05, 4.69) is 26.3 Å². The number of halogens is 1. The second-order valence-electron chi connectivity index (χ2n) is 3.73. The third-order valence-corrected chi connectivity index (χ3v) is 4.10. The minimum Gasteiger partial charge on any atom is -0.293 e. The number of hydrogen-bond acceptors (Lipinski definition) is 4. The molecule has 6 heteroatoms. The van der Waals surface area contributed by atoms with Gasteiger partial charge in [-0.1, -0.05) is 42.1 Å². The van der Waals surface area contributed by atoms with Crippen LogP contribution in [-0.4, -0.2) is 10.9 Å². The van der Waals surface area contributed by atoms with Crippen molar-refractivity contribution in [1.82, 2.24) is 10.4 Å². The summed E-state index contributed by atoms with van der Waals surface area (Å²) in [5.41, 5.74) is 3.09. The average Bonchev–Trinajstić information content (AvgIpc) is 2.47. The summed E-state index contributed by atoms with van der Waals surface area (Å²) < 4.78 is 0.899. The van der Waals surface area contributed by atoms with Gasteiger partial charge in [-0.15, -0.1) is 0 Å². The number of aromatic nitrogens is 1. The van der Waals surface area contributed by atoms with Crippen molar-refractivity contribution in [3.05, 3.63) is 58.7 Å². The van der Waals surface area contributed by atoms with Crippen molar-refractivity contribution < 1.29 is 4.79 Å². The molecule has 1 aromatic carbocycles. The van der Waals surface area contributed by atoms with Crippen LogP contribution in [0.1, 0.15) is 10.8 Å². The summed E-state index contributed by atoms with van der Waals surface area (Å²) in [6, 6.07) is 13.2. The second kappa shape index (κ2) is 6.70. The summed E-state index contributed by atoms with van der Waals surface area (Å²) >= 11 is 4.69. The minimum absolute atomic E-state index is 0.249. The number of amides is 1. The predicted octanol–water partition coefficient (Wildman–Crippen LogP) is 2.67. The van der Waals surface area contributed by atoms with E-state index < -0.39 is 5.25 Å². The van der Waals surface area contributed by atoms with Crippen molar-refractivity contribution in [2.45, 2.75) is 10.3 Å². The number of carbonyl (C=O) groups excluding carboxylic acids is 1. The van der Waals surface area contributed by atoms with E-state index in [4.69, 9.17) is 5.84 Å². The molecule has 1 heterocycles. The van der Waals surface area contributed by atoms with Crippen LogP contribution in [0.4, 0.5) is 0 Å². The van der Waals surface area contributed by atoms with Crippen LogP contribution in [0.2, 0.25) is 0 Å². The number of hydrazine groups is 1. The summed E-state index contributed by atoms with van der Waals surface area (Å²) in [6.07, 6.45) is 1.70. The van der Waals surface area contributed by atoms with Crippen LogP contribution in [0.15, 0.2) is 58.2 Å². The highest BCUT2D eigenvalue weighted by atomic mass is 79.9. The molecular weight excluding hydrogens is 326 g/mol. The molecule has 19 heavy (non-hydrogen) atoms. The van der Waals surface area contributed by atoms with Gasteiger partial charge < -0.3 is 0 Å². The summed E-state index contributed by atoms with van der Waals surface area (Å²) in [6.45, 7) is 0. The van der Waals surface area contributed by atoms with Gasteiger partial charge in [-0.2, -0.15) is 0 Å². The lowest BCUT2D eigenvalue weighted by Crippen LogP contribution is -2.33. The normalized spacial score (nSPS) is 11.9. The van der Waals surface area contributed by atoms with Gasteiger partial charge in [-0.25, -0.2) is 10.8 Å². The lowest BCUT2D eigenvalue weighted by atomic mass is 10.1. The topological polar surface area (TPSA) is 68.0 Å². The molecule has 0 aliphatic carbocycles. The maximum atomic E-state index is 11.9. The van der Waals surface area contributed by atoms with E-state index in [0.29, 0.717) is 0 Å². The molecule has 1 amide bonds. The SMILES string of the molecule is NNC(=O)C(Sc1ccc(Br)cn1)c1ccccc1. The van der Waals surface area contributed by atoms with Crippen molar-refractivity contribution in [2.75, 3.05) is 0 Å². The zero-order chi connectivity index (χ0) is 13.7. The molecule has 2 rings (SSSR count). The van der Waals surface area contributed by atoms with E-state index in [9.17, 15) is 4.79 Å². The quantitative estimate of drug-likeness (QED) is 0.389. The number of thioether (sulfide) groups is 1. The van der Waals surface area contributed by atoms with Crippen molar-refractivity contribution in [3.8, 4) is 0 Å². The number of nitrogens with zero attached hydrogens (tertiary/aromatic N) is 1. The molecular formula is C13H12BrN3OS. The molecule has 0 radical (unpaired) electrons. The first-order chi connectivity index (χ1) is 9.20. The van der Waals surface area contributed by atoms with Gasteiger partial charge in [-0.05, 0) is 33.6 Å². The molecule has 1 unspecified atom stereocenters. The average molecular weight is 338 g/mol. The molecule has 0 saturated heterocycles. The van der Waals surface area contributed by atoms with Gasteiger partial charge in [0.05, 0.1) is 5.03 Å². The fourth-order valence-corrected chi connectivity index (χ4v) is 2.73. The maximum Gasteiger partial charge on any atom is 0.251 e. The highest BCUT2D eigenvalue weighted by Crippen LogP contribution is 2.34. The van der Waals surface area contributed by atoms with Crippen LogP contribution in [-0.2, 0) is 4.79 Å². The molecule has 0 bridgehead atoms.